The Morgan fingerprint density at radius 2 is 2.00 bits per heavy atom. The van der Waals surface area contributed by atoms with Gasteiger partial charge in [0, 0.05) is 0 Å². The number of aliphatic hydroxyl groups excluding tert-OH is 1. The van der Waals surface area contributed by atoms with Gasteiger partial charge in [-0.25, -0.2) is 9.18 Å². The molecule has 3 nitrogen and oxygen atoms in total. The van der Waals surface area contributed by atoms with Crippen molar-refractivity contribution >= 4 is 11.5 Å². The van der Waals surface area contributed by atoms with Gasteiger partial charge in [0.05, 0.1) is 13.4 Å². The molecule has 0 aliphatic heterocycles. The summed E-state index contributed by atoms with van der Waals surface area (Å²) in [6, 6.07) is 5.16. The highest BCUT2D eigenvalue weighted by molar-refractivity contribution is 6.15. The lowest BCUT2D eigenvalue weighted by atomic mass is 10.1. The minimum Gasteiger partial charge on any atom is -0.515 e. The van der Waals surface area contributed by atoms with Crippen LogP contribution in [0.4, 0.5) is 4.39 Å². The number of benzene rings is 1. The van der Waals surface area contributed by atoms with E-state index in [9.17, 15) is 9.18 Å². The van der Waals surface area contributed by atoms with E-state index in [1.807, 2.05) is 0 Å². The molecule has 1 rings (SSSR count). The number of halogens is 1. The first kappa shape index (κ1) is 10.2. The summed E-state index contributed by atoms with van der Waals surface area (Å²) in [6.45, 7) is 0. The molecule has 0 fully saturated rings. The Kier molecular flexibility index (Phi) is 3.23. The van der Waals surface area contributed by atoms with Crippen LogP contribution in [0.25, 0.3) is 5.57 Å². The standard InChI is InChI=1S/C10H9FO3/c1-14-10(13)9(6-12)7-2-4-8(11)5-3-7/h2-6,12H,1H3. The Morgan fingerprint density at radius 1 is 1.43 bits per heavy atom. The van der Waals surface area contributed by atoms with Crippen LogP contribution in [0.15, 0.2) is 30.5 Å². The fraction of sp³-hybridized carbons (Fsp3) is 0.100. The van der Waals surface area contributed by atoms with Gasteiger partial charge in [-0.2, -0.15) is 0 Å². The lowest BCUT2D eigenvalue weighted by molar-refractivity contribution is -0.133. The van der Waals surface area contributed by atoms with Crippen LogP contribution in [0.1, 0.15) is 5.56 Å². The van der Waals surface area contributed by atoms with Crippen LogP contribution < -0.4 is 0 Å². The van der Waals surface area contributed by atoms with Crippen molar-refractivity contribution in [3.63, 3.8) is 0 Å². The molecule has 0 spiro atoms. The van der Waals surface area contributed by atoms with Crippen LogP contribution in [-0.4, -0.2) is 18.2 Å². The van der Waals surface area contributed by atoms with Gasteiger partial charge < -0.3 is 9.84 Å². The summed E-state index contributed by atoms with van der Waals surface area (Å²) in [7, 11) is 1.20. The Balaban J connectivity index is 3.03. The van der Waals surface area contributed by atoms with E-state index in [1.165, 1.54) is 31.4 Å². The van der Waals surface area contributed by atoms with E-state index in [-0.39, 0.29) is 5.57 Å². The Labute approximate surface area is 80.4 Å². The third-order valence-electron chi connectivity index (χ3n) is 1.69. The molecule has 1 aromatic rings. The number of carbonyl (C=O) groups is 1. The largest absolute Gasteiger partial charge is 0.515 e. The zero-order valence-corrected chi connectivity index (χ0v) is 7.53. The maximum absolute atomic E-state index is 12.5. The molecule has 4 heteroatoms. The second-order valence-corrected chi connectivity index (χ2v) is 2.54. The molecule has 0 heterocycles. The van der Waals surface area contributed by atoms with E-state index < -0.39 is 11.8 Å². The summed E-state index contributed by atoms with van der Waals surface area (Å²) < 4.78 is 17.0. The van der Waals surface area contributed by atoms with Gasteiger partial charge >= 0.3 is 5.97 Å². The molecular formula is C10H9FO3. The molecule has 0 aliphatic carbocycles. The number of ether oxygens (including phenoxy) is 1. The molecule has 0 saturated heterocycles. The molecule has 0 bridgehead atoms. The zero-order valence-electron chi connectivity index (χ0n) is 7.53. The van der Waals surface area contributed by atoms with Gasteiger partial charge in [0.25, 0.3) is 0 Å². The Bertz CT molecular complexity index is 354. The van der Waals surface area contributed by atoms with Gasteiger partial charge in [0.2, 0.25) is 0 Å². The average Bonchev–Trinajstić information content (AvgIpc) is 2.21. The lowest BCUT2D eigenvalue weighted by Gasteiger charge is -2.03. The average molecular weight is 196 g/mol. The number of rotatable bonds is 2. The molecule has 0 saturated carbocycles. The maximum atomic E-state index is 12.5. The first-order valence-electron chi connectivity index (χ1n) is 3.87. The van der Waals surface area contributed by atoms with Gasteiger partial charge in [-0.05, 0) is 17.7 Å². The fourth-order valence-corrected chi connectivity index (χ4v) is 0.984. The Hall–Kier alpha value is -1.84. The van der Waals surface area contributed by atoms with Crippen molar-refractivity contribution in [1.82, 2.24) is 0 Å². The van der Waals surface area contributed by atoms with E-state index >= 15 is 0 Å². The number of carbonyl (C=O) groups excluding carboxylic acids is 1. The first-order valence-corrected chi connectivity index (χ1v) is 3.87. The predicted octanol–water partition coefficient (Wildman–Crippen LogP) is 1.90. The molecule has 14 heavy (non-hydrogen) atoms. The van der Waals surface area contributed by atoms with Gasteiger partial charge in [0.15, 0.2) is 0 Å². The molecule has 1 N–H and O–H groups in total. The molecular weight excluding hydrogens is 187 g/mol. The monoisotopic (exact) mass is 196 g/mol. The minimum atomic E-state index is -0.667. The number of aliphatic hydroxyl groups is 1. The summed E-state index contributed by atoms with van der Waals surface area (Å²) in [5, 5.41) is 8.79. The number of hydrogen-bond donors (Lipinski definition) is 1. The minimum absolute atomic E-state index is 0.00694. The second-order valence-electron chi connectivity index (χ2n) is 2.54. The van der Waals surface area contributed by atoms with E-state index in [4.69, 9.17) is 5.11 Å². The van der Waals surface area contributed by atoms with E-state index in [0.717, 1.165) is 0 Å². The van der Waals surface area contributed by atoms with Crippen LogP contribution >= 0.6 is 0 Å². The molecule has 74 valence electrons. The molecule has 0 radical (unpaired) electrons. The molecule has 0 aliphatic rings. The van der Waals surface area contributed by atoms with Crippen molar-refractivity contribution in [1.29, 1.82) is 0 Å². The van der Waals surface area contributed by atoms with Crippen molar-refractivity contribution in [3.05, 3.63) is 41.9 Å². The third-order valence-corrected chi connectivity index (χ3v) is 1.69. The summed E-state index contributed by atoms with van der Waals surface area (Å²) >= 11 is 0. The van der Waals surface area contributed by atoms with Gasteiger partial charge in [-0.15, -0.1) is 0 Å². The Morgan fingerprint density at radius 3 is 2.43 bits per heavy atom. The number of hydrogen-bond acceptors (Lipinski definition) is 3. The zero-order chi connectivity index (χ0) is 10.6. The second kappa shape index (κ2) is 4.41. The summed E-state index contributed by atoms with van der Waals surface area (Å²) in [6.07, 6.45) is 0.638. The SMILES string of the molecule is COC(=O)C(=CO)c1ccc(F)cc1. The highest BCUT2D eigenvalue weighted by atomic mass is 19.1. The molecule has 0 atom stereocenters. The van der Waals surface area contributed by atoms with E-state index in [1.54, 1.807) is 0 Å². The smallest absolute Gasteiger partial charge is 0.341 e. The van der Waals surface area contributed by atoms with Gasteiger partial charge in [0.1, 0.15) is 11.4 Å². The highest BCUT2D eigenvalue weighted by Gasteiger charge is 2.11. The summed E-state index contributed by atoms with van der Waals surface area (Å²) in [5.41, 5.74) is 0.397. The summed E-state index contributed by atoms with van der Waals surface area (Å²) in [4.78, 5) is 11.1. The van der Waals surface area contributed by atoms with Crippen LogP contribution in [0.2, 0.25) is 0 Å². The highest BCUT2D eigenvalue weighted by Crippen LogP contribution is 2.15. The predicted molar refractivity (Wildman–Crippen MR) is 49.0 cm³/mol. The fourth-order valence-electron chi connectivity index (χ4n) is 0.984. The van der Waals surface area contributed by atoms with Crippen molar-refractivity contribution in [2.75, 3.05) is 7.11 Å². The van der Waals surface area contributed by atoms with Crippen molar-refractivity contribution in [3.8, 4) is 0 Å². The molecule has 0 amide bonds. The van der Waals surface area contributed by atoms with Crippen molar-refractivity contribution in [2.45, 2.75) is 0 Å². The van der Waals surface area contributed by atoms with Crippen molar-refractivity contribution < 1.29 is 19.0 Å². The van der Waals surface area contributed by atoms with Crippen molar-refractivity contribution in [2.24, 2.45) is 0 Å². The van der Waals surface area contributed by atoms with Gasteiger partial charge in [-0.3, -0.25) is 0 Å². The van der Waals surface area contributed by atoms with E-state index in [0.29, 0.717) is 11.8 Å². The molecule has 0 unspecified atom stereocenters. The van der Waals surface area contributed by atoms with Crippen LogP contribution in [-0.2, 0) is 9.53 Å². The third kappa shape index (κ3) is 2.10. The van der Waals surface area contributed by atoms with Crippen LogP contribution in [0.3, 0.4) is 0 Å². The van der Waals surface area contributed by atoms with E-state index in [2.05, 4.69) is 4.74 Å². The number of esters is 1. The lowest BCUT2D eigenvalue weighted by Crippen LogP contribution is -2.03. The quantitative estimate of drug-likeness (QED) is 0.446. The molecule has 1 aromatic carbocycles. The molecule has 0 aromatic heterocycles. The van der Waals surface area contributed by atoms with Gasteiger partial charge in [-0.1, -0.05) is 12.1 Å². The normalized spacial score (nSPS) is 11.1. The van der Waals surface area contributed by atoms with Crippen LogP contribution in [0, 0.1) is 5.82 Å². The maximum Gasteiger partial charge on any atom is 0.341 e. The first-order chi connectivity index (χ1) is 6.69. The summed E-state index contributed by atoms with van der Waals surface area (Å²) in [5.74, 6) is -1.07. The van der Waals surface area contributed by atoms with Crippen LogP contribution in [0.5, 0.6) is 0 Å². The number of methoxy groups -OCH3 is 1. The topological polar surface area (TPSA) is 46.5 Å².